The predicted molar refractivity (Wildman–Crippen MR) is 371 cm³/mol. The molecule has 0 atom stereocenters. The maximum atomic E-state index is 15.3. The first-order valence-electron chi connectivity index (χ1n) is 30.6. The zero-order valence-corrected chi connectivity index (χ0v) is 53.8. The second-order valence-electron chi connectivity index (χ2n) is 26.7. The molecule has 432 valence electrons. The number of nitrogens with zero attached hydrogens (tertiary/aromatic N) is 2. The zero-order chi connectivity index (χ0) is 60.5. The molecule has 2 aliphatic rings. The number of benzene rings is 10. The van der Waals surface area contributed by atoms with E-state index in [0.717, 1.165) is 71.9 Å². The summed E-state index contributed by atoms with van der Waals surface area (Å²) in [6.07, 6.45) is -4.53. The van der Waals surface area contributed by atoms with Crippen LogP contribution in [-0.2, 0) is 17.0 Å². The second kappa shape index (κ2) is 20.8. The number of furan rings is 1. The van der Waals surface area contributed by atoms with Crippen LogP contribution in [0.4, 0.5) is 47.3 Å². The fraction of sp³-hybridized carbons (Fsp3) is 0.195. The molecule has 87 heavy (non-hydrogen) atoms. The van der Waals surface area contributed by atoms with Crippen molar-refractivity contribution in [2.45, 2.75) is 97.3 Å². The largest absolute Gasteiger partial charge is 0.454 e. The van der Waals surface area contributed by atoms with Crippen molar-refractivity contribution < 1.29 is 17.6 Å². The van der Waals surface area contributed by atoms with E-state index in [1.165, 1.54) is 64.3 Å². The summed E-state index contributed by atoms with van der Waals surface area (Å²) in [5, 5.41) is 10.1. The molecular weight excluding hydrogens is 1120 g/mol. The number of fused-ring (bicyclic) bond motifs is 9. The third kappa shape index (κ3) is 8.86. The summed E-state index contributed by atoms with van der Waals surface area (Å²) in [6, 6.07) is 83.0. The van der Waals surface area contributed by atoms with Gasteiger partial charge in [0.2, 0.25) is 0 Å². The molecule has 0 saturated carbocycles. The zero-order valence-electron chi connectivity index (χ0n) is 51.0. The lowest BCUT2D eigenvalue weighted by Gasteiger charge is -2.47. The Labute approximate surface area is 515 Å². The fourth-order valence-corrected chi connectivity index (χ4v) is 27.1. The van der Waals surface area contributed by atoms with Gasteiger partial charge in [0.1, 0.15) is 13.7 Å². The van der Waals surface area contributed by atoms with Gasteiger partial charge in [-0.2, -0.15) is 13.2 Å². The average molecular weight is 1200 g/mol. The molecule has 0 spiro atoms. The highest BCUT2D eigenvalue weighted by molar-refractivity contribution is 7.34. The van der Waals surface area contributed by atoms with Crippen molar-refractivity contribution in [3.63, 3.8) is 0 Å². The molecule has 0 N–H and O–H groups in total. The molecular formula is C77H70BF3N2OSSi2. The summed E-state index contributed by atoms with van der Waals surface area (Å²) in [6.45, 7) is 22.4. The first-order valence-corrected chi connectivity index (χ1v) is 35.5. The van der Waals surface area contributed by atoms with E-state index in [4.69, 9.17) is 4.42 Å². The van der Waals surface area contributed by atoms with Crippen molar-refractivity contribution in [2.24, 2.45) is 0 Å². The van der Waals surface area contributed by atoms with E-state index in [1.807, 2.05) is 23.5 Å². The summed E-state index contributed by atoms with van der Waals surface area (Å²) in [5.74, 6) is 0. The van der Waals surface area contributed by atoms with Gasteiger partial charge in [-0.05, 0) is 124 Å². The molecule has 2 aromatic heterocycles. The van der Waals surface area contributed by atoms with E-state index < -0.39 is 27.9 Å². The summed E-state index contributed by atoms with van der Waals surface area (Å²) in [5.41, 5.74) is 11.6. The van der Waals surface area contributed by atoms with Crippen molar-refractivity contribution in [1.29, 1.82) is 0 Å². The Hall–Kier alpha value is -8.15. The second-order valence-corrected chi connectivity index (χ2v) is 36.8. The smallest absolute Gasteiger partial charge is 0.416 e. The van der Waals surface area contributed by atoms with Crippen molar-refractivity contribution in [3.05, 3.63) is 247 Å². The van der Waals surface area contributed by atoms with Crippen LogP contribution < -0.4 is 56.6 Å². The van der Waals surface area contributed by atoms with Gasteiger partial charge in [0.15, 0.2) is 13.7 Å². The molecule has 10 heteroatoms. The minimum absolute atomic E-state index is 0.0269. The molecule has 2 aliphatic heterocycles. The molecule has 14 rings (SSSR count). The molecule has 3 nitrogen and oxygen atoms in total. The van der Waals surface area contributed by atoms with Crippen molar-refractivity contribution >= 4 is 147 Å². The van der Waals surface area contributed by atoms with Gasteiger partial charge in [-0.3, -0.25) is 0 Å². The first kappa shape index (κ1) is 56.6. The van der Waals surface area contributed by atoms with Gasteiger partial charge in [0, 0.05) is 48.4 Å². The molecule has 4 heterocycles. The molecule has 0 fully saturated rings. The highest BCUT2D eigenvalue weighted by Gasteiger charge is 2.51. The Morgan fingerprint density at radius 1 is 0.437 bits per heavy atom. The van der Waals surface area contributed by atoms with Crippen LogP contribution in [0.1, 0.15) is 85.9 Å². The Kier molecular flexibility index (Phi) is 13.5. The van der Waals surface area contributed by atoms with Crippen LogP contribution in [0.2, 0.25) is 11.1 Å². The van der Waals surface area contributed by atoms with Gasteiger partial charge in [0.25, 0.3) is 6.71 Å². The maximum absolute atomic E-state index is 15.3. The Morgan fingerprint density at radius 2 is 0.977 bits per heavy atom. The quantitative estimate of drug-likeness (QED) is 0.100. The number of alkyl halides is 3. The summed E-state index contributed by atoms with van der Waals surface area (Å²) in [7, 11) is -6.45. The van der Waals surface area contributed by atoms with E-state index >= 15 is 13.2 Å². The summed E-state index contributed by atoms with van der Waals surface area (Å²) in [4.78, 5) is 5.04. The number of anilines is 6. The number of hydrogen-bond acceptors (Lipinski definition) is 4. The minimum Gasteiger partial charge on any atom is -0.454 e. The molecule has 0 radical (unpaired) electrons. The lowest BCUT2D eigenvalue weighted by molar-refractivity contribution is -0.137. The van der Waals surface area contributed by atoms with Crippen LogP contribution >= 0.6 is 11.3 Å². The minimum atomic E-state index is -4.53. The highest BCUT2D eigenvalue weighted by Crippen LogP contribution is 2.51. The van der Waals surface area contributed by atoms with Crippen LogP contribution in [0.3, 0.4) is 0 Å². The lowest BCUT2D eigenvalue weighted by Crippen LogP contribution is -2.75. The summed E-state index contributed by atoms with van der Waals surface area (Å²) >= 11 is 1.88. The van der Waals surface area contributed by atoms with Gasteiger partial charge in [-0.25, -0.2) is 0 Å². The highest BCUT2D eigenvalue weighted by atomic mass is 32.1. The number of para-hydroxylation sites is 2. The number of hydrogen-bond donors (Lipinski definition) is 0. The van der Waals surface area contributed by atoms with Crippen molar-refractivity contribution in [1.82, 2.24) is 0 Å². The van der Waals surface area contributed by atoms with Crippen molar-refractivity contribution in [3.8, 4) is 0 Å². The monoisotopic (exact) mass is 1190 g/mol. The van der Waals surface area contributed by atoms with Gasteiger partial charge in [-0.15, -0.1) is 11.3 Å². The van der Waals surface area contributed by atoms with E-state index in [1.54, 1.807) is 6.07 Å². The fourth-order valence-electron chi connectivity index (χ4n) is 15.1. The predicted octanol–water partition coefficient (Wildman–Crippen LogP) is 16.3. The van der Waals surface area contributed by atoms with Crippen LogP contribution in [0.15, 0.2) is 235 Å². The normalized spacial score (nSPS) is 13.7. The van der Waals surface area contributed by atoms with Crippen LogP contribution in [0, 0.1) is 0 Å². The Bertz CT molecular complexity index is 4520. The standard InChI is InChI=1S/C77H70BF3N2OSSi2/c1-49(2)86(50(3)4,58-31-22-24-53(44-58)77(79,80)81)60-47-67-71-68(48-60)83(65-34-23-33-62-61-32-20-21-35-69(61)84-73(62)65)66-46-59(87(55-25-14-11-15-26-55,56-27-16-12-17-28-56)57-29-18-13-19-30-57)41-42-64(66)78(71)74-72(63-45-52(76(8,9)10)38-43-70(63)85-74)82(67)54-39-36-51(37-40-54)75(5,6)7/h11-50H,1-10H3. The van der Waals surface area contributed by atoms with E-state index in [2.05, 4.69) is 279 Å². The molecule has 0 bridgehead atoms. The van der Waals surface area contributed by atoms with Crippen LogP contribution in [0.5, 0.6) is 0 Å². The SMILES string of the molecule is CC(C)[Si](c1cccc(C(F)(F)F)c1)(c1cc2c3c(c1)N(c1cccc4c1oc1ccccc14)c1cc([Si](c4ccccc4)(c4ccccc4)c4ccccc4)ccc1B3c1sc3ccc(C(C)(C)C)cc3c1N2c1ccc(C(C)(C)C)cc1)C(C)C. The Balaban J connectivity index is 1.19. The molecule has 0 amide bonds. The third-order valence-corrected chi connectivity index (χ3v) is 31.3. The number of rotatable bonds is 10. The molecule has 12 aromatic rings. The molecule has 0 saturated heterocycles. The van der Waals surface area contributed by atoms with Crippen molar-refractivity contribution in [2.75, 3.05) is 9.80 Å². The number of halogens is 3. The van der Waals surface area contributed by atoms with Crippen LogP contribution in [-0.4, -0.2) is 22.9 Å². The van der Waals surface area contributed by atoms with Crippen LogP contribution in [0.25, 0.3) is 32.0 Å². The van der Waals surface area contributed by atoms with Gasteiger partial charge < -0.3 is 14.2 Å². The molecule has 10 aromatic carbocycles. The first-order chi connectivity index (χ1) is 41.7. The topological polar surface area (TPSA) is 19.6 Å². The average Bonchev–Trinajstić information content (AvgIpc) is 1.72. The summed E-state index contributed by atoms with van der Waals surface area (Å²) < 4.78 is 55.4. The van der Waals surface area contributed by atoms with Gasteiger partial charge in [-0.1, -0.05) is 250 Å². The molecule has 0 unspecified atom stereocenters. The van der Waals surface area contributed by atoms with Gasteiger partial charge in [0.05, 0.1) is 16.9 Å². The van der Waals surface area contributed by atoms with E-state index in [9.17, 15) is 0 Å². The number of thiophene rings is 1. The van der Waals surface area contributed by atoms with Gasteiger partial charge >= 0.3 is 6.18 Å². The Morgan fingerprint density at radius 3 is 1.57 bits per heavy atom. The van der Waals surface area contributed by atoms with E-state index in [-0.39, 0.29) is 28.6 Å². The van der Waals surface area contributed by atoms with E-state index in [0.29, 0.717) is 0 Å². The maximum Gasteiger partial charge on any atom is 0.416 e. The molecule has 0 aliphatic carbocycles. The third-order valence-electron chi connectivity index (χ3n) is 19.2. The lowest BCUT2D eigenvalue weighted by atomic mass is 9.36.